The van der Waals surface area contributed by atoms with Gasteiger partial charge in [-0.2, -0.15) is 14.9 Å². The summed E-state index contributed by atoms with van der Waals surface area (Å²) in [6.07, 6.45) is 7.86. The van der Waals surface area contributed by atoms with Gasteiger partial charge >= 0.3 is 0 Å². The van der Waals surface area contributed by atoms with Gasteiger partial charge in [-0.25, -0.2) is 16.8 Å². The number of nitro groups is 1. The topological polar surface area (TPSA) is 270 Å². The van der Waals surface area contributed by atoms with Crippen molar-refractivity contribution in [2.45, 2.75) is 39.0 Å². The molecular weight excluding hydrogens is 1460 g/mol. The highest BCUT2D eigenvalue weighted by atomic mass is 79.9. The molecule has 0 spiro atoms. The molecule has 10 aromatic rings. The number of hydrogen-bond acceptors (Lipinski definition) is 15. The molecule has 27 heteroatoms. The van der Waals surface area contributed by atoms with Gasteiger partial charge < -0.3 is 10.5 Å². The second kappa shape index (κ2) is 36.6. The van der Waals surface area contributed by atoms with Crippen molar-refractivity contribution in [3.63, 3.8) is 0 Å². The maximum absolute atomic E-state index is 12.5. The van der Waals surface area contributed by atoms with E-state index < -0.39 is 24.0 Å². The third-order valence-electron chi connectivity index (χ3n) is 11.8. The standard InChI is InChI=1S/C22H17BrClN5O2S.C14H12ClN5.C8H6BrClO2S.C8H7Br.C7H4N2O2.C5H10O/c23-19-7-1-4-16(12-19)10-11-32(30,31)27-21-9-3-6-18(14-21)22-25-28-29(26-22)15-17-5-2-8-20(24)13-17;15-12-5-1-3-10(7-12)9-20-18-14(17-19-20)11-4-2-6-13(16)8-11;9-8-3-1-2-7(6-8)4-5-13(10,11)12;1-2-7-4-3-5-8(9)6-7;8-5-6-2-1-3-7(4-6)9(10)11;1-5-3-2-4-6-5/h1-14,27H,15H2;1-8H,9,16H2;1-6H;2-6H,1H2;1-4H;5H,2-4H2,1H3/b11-10+;;5-4+;;;. The lowest BCUT2D eigenvalue weighted by Crippen LogP contribution is -2.08. The minimum absolute atomic E-state index is 0.0518. The van der Waals surface area contributed by atoms with Crippen LogP contribution in [0.1, 0.15) is 53.1 Å². The van der Waals surface area contributed by atoms with E-state index in [1.165, 1.54) is 58.9 Å². The van der Waals surface area contributed by atoms with Crippen molar-refractivity contribution in [2.75, 3.05) is 17.1 Å². The fraction of sp³-hybridized carbons (Fsp3) is 0.109. The molecule has 8 aromatic carbocycles. The first kappa shape index (κ1) is 71.9. The molecular formula is C64H56Br3Cl3N12O7S2. The molecule has 1 unspecified atom stereocenters. The molecule has 468 valence electrons. The highest BCUT2D eigenvalue weighted by molar-refractivity contribution is 9.11. The van der Waals surface area contributed by atoms with Crippen molar-refractivity contribution in [1.29, 1.82) is 5.26 Å². The summed E-state index contributed by atoms with van der Waals surface area (Å²) < 4.78 is 56.6. The summed E-state index contributed by atoms with van der Waals surface area (Å²) in [7, 11) is -2.27. The predicted molar refractivity (Wildman–Crippen MR) is 372 cm³/mol. The van der Waals surface area contributed by atoms with Crippen LogP contribution in [-0.2, 0) is 36.9 Å². The van der Waals surface area contributed by atoms with Crippen molar-refractivity contribution in [2.24, 2.45) is 0 Å². The van der Waals surface area contributed by atoms with Crippen LogP contribution in [0.3, 0.4) is 0 Å². The van der Waals surface area contributed by atoms with Crippen molar-refractivity contribution < 1.29 is 26.5 Å². The lowest BCUT2D eigenvalue weighted by atomic mass is 10.2. The van der Waals surface area contributed by atoms with E-state index in [4.69, 9.17) is 49.6 Å². The Hall–Kier alpha value is -8.22. The Bertz CT molecular complexity index is 4400. The lowest BCUT2D eigenvalue weighted by Gasteiger charge is -2.05. The Kier molecular flexibility index (Phi) is 28.9. The second-order valence-electron chi connectivity index (χ2n) is 19.1. The molecule has 1 aliphatic heterocycles. The van der Waals surface area contributed by atoms with Crippen molar-refractivity contribution in [1.82, 2.24) is 40.4 Å². The van der Waals surface area contributed by atoms with Gasteiger partial charge in [0.2, 0.25) is 11.6 Å². The van der Waals surface area contributed by atoms with Crippen LogP contribution in [-0.4, -0.2) is 74.9 Å². The van der Waals surface area contributed by atoms with Crippen LogP contribution in [0.5, 0.6) is 0 Å². The molecule has 0 aliphatic carbocycles. The minimum atomic E-state index is -3.70. The van der Waals surface area contributed by atoms with E-state index in [2.05, 4.69) is 96.8 Å². The molecule has 19 nitrogen and oxygen atoms in total. The Morgan fingerprint density at radius 2 is 1.18 bits per heavy atom. The molecule has 2 aromatic heterocycles. The summed E-state index contributed by atoms with van der Waals surface area (Å²) in [5.74, 6) is 0.942. The molecule has 3 N–H and O–H groups in total. The summed E-state index contributed by atoms with van der Waals surface area (Å²) >= 11 is 22.0. The normalized spacial score (nSPS) is 12.4. The van der Waals surface area contributed by atoms with E-state index in [0.717, 1.165) is 64.2 Å². The quantitative estimate of drug-likeness (QED) is 0.0443. The maximum atomic E-state index is 12.5. The Morgan fingerprint density at radius 1 is 0.681 bits per heavy atom. The van der Waals surface area contributed by atoms with Crippen LogP contribution in [0.2, 0.25) is 10.0 Å². The number of nitrogen functional groups attached to an aromatic ring is 1. The Labute approximate surface area is 566 Å². The number of rotatable bonds is 14. The first-order valence-corrected chi connectivity index (χ1v) is 34.1. The van der Waals surface area contributed by atoms with Crippen LogP contribution in [0, 0.1) is 21.4 Å². The highest BCUT2D eigenvalue weighted by Gasteiger charge is 2.12. The smallest absolute Gasteiger partial charge is 0.270 e. The molecule has 91 heavy (non-hydrogen) atoms. The molecule has 11 rings (SSSR count). The third-order valence-corrected chi connectivity index (χ3v) is 15.6. The summed E-state index contributed by atoms with van der Waals surface area (Å²) in [4.78, 5) is 12.6. The summed E-state index contributed by atoms with van der Waals surface area (Å²) in [5.41, 5.74) is 13.2. The van der Waals surface area contributed by atoms with Gasteiger partial charge in [0.25, 0.3) is 24.8 Å². The van der Waals surface area contributed by atoms with Gasteiger partial charge in [0.1, 0.15) is 0 Å². The summed E-state index contributed by atoms with van der Waals surface area (Å²) in [6, 6.07) is 59.2. The van der Waals surface area contributed by atoms with Gasteiger partial charge in [-0.3, -0.25) is 14.8 Å². The first-order valence-electron chi connectivity index (χ1n) is 27.0. The van der Waals surface area contributed by atoms with Gasteiger partial charge in [-0.15, -0.1) is 20.4 Å². The number of nitro benzene ring substituents is 1. The average Bonchev–Trinajstić information content (AvgIpc) is 4.46. The number of benzene rings is 8. The molecule has 0 amide bonds. The maximum Gasteiger partial charge on any atom is 0.270 e. The number of non-ortho nitro benzene ring substituents is 1. The molecule has 1 aliphatic rings. The van der Waals surface area contributed by atoms with Crippen LogP contribution < -0.4 is 10.5 Å². The van der Waals surface area contributed by atoms with Crippen molar-refractivity contribution in [3.05, 3.63) is 278 Å². The van der Waals surface area contributed by atoms with E-state index in [-0.39, 0.29) is 5.69 Å². The number of nitrogens with one attached hydrogen (secondary N) is 1. The number of sulfonamides is 1. The van der Waals surface area contributed by atoms with Crippen molar-refractivity contribution >= 4 is 136 Å². The SMILES string of the molecule is C=Cc1cccc(Br)c1.CC1CCCO1.N#Cc1cccc([N+](=O)[O-])c1.Nc1cccc(-c2nnn(Cc3cccc(Cl)c3)n2)c1.O=S(=O)(/C=C/c1cccc(Br)c1)Nc1cccc(-c2nnn(Cc3cccc(Cl)c3)n2)c1.O=S(=O)(Cl)/C=C/c1cccc(Br)c1. The second-order valence-corrected chi connectivity index (χ2v) is 26.8. The number of halogens is 6. The Morgan fingerprint density at radius 3 is 1.63 bits per heavy atom. The highest BCUT2D eigenvalue weighted by Crippen LogP contribution is 2.23. The molecule has 0 bridgehead atoms. The fourth-order valence-electron chi connectivity index (χ4n) is 7.66. The zero-order valence-corrected chi connectivity index (χ0v) is 56.8. The number of anilines is 2. The first-order chi connectivity index (χ1) is 43.5. The zero-order chi connectivity index (χ0) is 65.8. The van der Waals surface area contributed by atoms with Crippen LogP contribution in [0.4, 0.5) is 17.1 Å². The molecule has 0 saturated carbocycles. The molecule has 1 fully saturated rings. The predicted octanol–water partition coefficient (Wildman–Crippen LogP) is 16.6. The number of nitriles is 1. The number of hydrogen-bond donors (Lipinski definition) is 2. The van der Waals surface area contributed by atoms with Gasteiger partial charge in [0, 0.05) is 80.8 Å². The summed E-state index contributed by atoms with van der Waals surface area (Å²) in [5, 5.41) is 46.9. The third kappa shape index (κ3) is 27.4. The molecule has 0 radical (unpaired) electrons. The number of ether oxygens (including phenoxy) is 1. The van der Waals surface area contributed by atoms with Gasteiger partial charge in [0.15, 0.2) is 0 Å². The lowest BCUT2D eigenvalue weighted by molar-refractivity contribution is -0.384. The zero-order valence-electron chi connectivity index (χ0n) is 48.2. The van der Waals surface area contributed by atoms with Gasteiger partial charge in [0.05, 0.1) is 41.2 Å². The van der Waals surface area contributed by atoms with Crippen LogP contribution >= 0.6 is 81.7 Å². The molecule has 3 heterocycles. The van der Waals surface area contributed by atoms with E-state index >= 15 is 0 Å². The van der Waals surface area contributed by atoms with Crippen LogP contribution in [0.25, 0.3) is 41.0 Å². The number of aromatic nitrogens is 8. The van der Waals surface area contributed by atoms with Gasteiger partial charge in [-0.05, 0) is 161 Å². The van der Waals surface area contributed by atoms with E-state index in [1.807, 2.05) is 140 Å². The van der Waals surface area contributed by atoms with E-state index in [0.29, 0.717) is 63.4 Å². The number of nitrogens with zero attached hydrogens (tertiary/aromatic N) is 10. The Balaban J connectivity index is 0.000000190. The minimum Gasteiger partial charge on any atom is -0.399 e. The number of nitrogens with two attached hydrogens (primary N) is 1. The molecule has 1 saturated heterocycles. The largest absolute Gasteiger partial charge is 0.399 e. The average molecular weight is 1520 g/mol. The van der Waals surface area contributed by atoms with E-state index in [9.17, 15) is 26.9 Å². The summed E-state index contributed by atoms with van der Waals surface area (Å²) in [6.45, 7) is 7.70. The monoisotopic (exact) mass is 1510 g/mol. The molecule has 1 atom stereocenters. The van der Waals surface area contributed by atoms with E-state index in [1.54, 1.807) is 42.5 Å². The van der Waals surface area contributed by atoms with Crippen LogP contribution in [0.15, 0.2) is 225 Å². The van der Waals surface area contributed by atoms with Gasteiger partial charge in [-0.1, -0.05) is 175 Å². The fourth-order valence-corrected chi connectivity index (χ4v) is 10.7. The van der Waals surface area contributed by atoms with Crippen molar-refractivity contribution in [3.8, 4) is 28.8 Å². The number of tetrazole rings is 2.